The Hall–Kier alpha value is -3.82. The van der Waals surface area contributed by atoms with Crippen LogP contribution in [0.4, 0.5) is 5.69 Å². The lowest BCUT2D eigenvalue weighted by molar-refractivity contribution is -0.385. The monoisotopic (exact) mass is 389 g/mol. The molecule has 0 radical (unpaired) electrons. The number of amides is 1. The number of hydrogen-bond donors (Lipinski definition) is 1. The van der Waals surface area contributed by atoms with E-state index in [0.717, 1.165) is 0 Å². The molecule has 2 rings (SSSR count). The molecule has 0 aliphatic rings. The average Bonchev–Trinajstić information content (AvgIpc) is 2.71. The minimum Gasteiger partial charge on any atom is -0.493 e. The van der Waals surface area contributed by atoms with Crippen LogP contribution in [0.3, 0.4) is 0 Å². The summed E-state index contributed by atoms with van der Waals surface area (Å²) in [5.74, 6) is 0.663. The molecule has 0 aromatic heterocycles. The first-order chi connectivity index (χ1) is 13.5. The van der Waals surface area contributed by atoms with Gasteiger partial charge in [0, 0.05) is 11.6 Å². The van der Waals surface area contributed by atoms with Crippen molar-refractivity contribution in [3.8, 4) is 23.0 Å². The summed E-state index contributed by atoms with van der Waals surface area (Å²) in [5, 5.41) is 14.8. The van der Waals surface area contributed by atoms with Crippen LogP contribution in [0.25, 0.3) is 0 Å². The maximum atomic E-state index is 11.9. The molecule has 0 saturated carbocycles. The van der Waals surface area contributed by atoms with Gasteiger partial charge in [-0.25, -0.2) is 5.43 Å². The number of methoxy groups -OCH3 is 3. The number of carbonyl (C=O) groups is 1. The van der Waals surface area contributed by atoms with Crippen LogP contribution >= 0.6 is 0 Å². The van der Waals surface area contributed by atoms with Gasteiger partial charge >= 0.3 is 5.69 Å². The molecule has 1 amide bonds. The number of nitro benzene ring substituents is 1. The van der Waals surface area contributed by atoms with Crippen molar-refractivity contribution in [1.82, 2.24) is 5.43 Å². The van der Waals surface area contributed by atoms with Gasteiger partial charge in [-0.3, -0.25) is 14.9 Å². The molecule has 0 atom stereocenters. The van der Waals surface area contributed by atoms with E-state index in [1.54, 1.807) is 18.2 Å². The lowest BCUT2D eigenvalue weighted by atomic mass is 10.2. The molecule has 0 bridgehead atoms. The van der Waals surface area contributed by atoms with E-state index >= 15 is 0 Å². The van der Waals surface area contributed by atoms with Gasteiger partial charge in [0.05, 0.1) is 32.5 Å². The van der Waals surface area contributed by atoms with Gasteiger partial charge in [-0.2, -0.15) is 5.10 Å². The van der Waals surface area contributed by atoms with Gasteiger partial charge in [0.25, 0.3) is 5.91 Å². The minimum absolute atomic E-state index is 0.00631. The molecule has 28 heavy (non-hydrogen) atoms. The van der Waals surface area contributed by atoms with Crippen LogP contribution in [0, 0.1) is 10.1 Å². The Kier molecular flexibility index (Phi) is 7.14. The van der Waals surface area contributed by atoms with Crippen LogP contribution in [-0.4, -0.2) is 45.0 Å². The van der Waals surface area contributed by atoms with Crippen LogP contribution in [0.1, 0.15) is 5.56 Å². The Morgan fingerprint density at radius 1 is 1.07 bits per heavy atom. The summed E-state index contributed by atoms with van der Waals surface area (Å²) in [5.41, 5.74) is 2.59. The molecule has 0 aliphatic carbocycles. The first-order valence-electron chi connectivity index (χ1n) is 7.98. The van der Waals surface area contributed by atoms with Gasteiger partial charge in [-0.05, 0) is 18.2 Å². The highest BCUT2D eigenvalue weighted by Gasteiger charge is 2.16. The van der Waals surface area contributed by atoms with E-state index in [2.05, 4.69) is 10.5 Å². The van der Waals surface area contributed by atoms with E-state index in [0.29, 0.717) is 22.8 Å². The van der Waals surface area contributed by atoms with Crippen molar-refractivity contribution in [1.29, 1.82) is 0 Å². The molecule has 0 aliphatic heterocycles. The fraction of sp³-hybridized carbons (Fsp3) is 0.222. The third-order valence-electron chi connectivity index (χ3n) is 3.55. The number of nitrogens with zero attached hydrogens (tertiary/aromatic N) is 2. The van der Waals surface area contributed by atoms with Gasteiger partial charge in [-0.15, -0.1) is 0 Å². The van der Waals surface area contributed by atoms with Crippen molar-refractivity contribution in [2.75, 3.05) is 27.9 Å². The maximum absolute atomic E-state index is 11.9. The van der Waals surface area contributed by atoms with Crippen LogP contribution in [-0.2, 0) is 4.79 Å². The van der Waals surface area contributed by atoms with Crippen molar-refractivity contribution >= 4 is 17.8 Å². The molecule has 0 saturated heterocycles. The second-order valence-corrected chi connectivity index (χ2v) is 5.23. The molecule has 0 heterocycles. The standard InChI is InChI=1S/C18H19N3O7/c1-25-15-9-8-12(17(26-2)18(15)27-3)10-19-20-16(22)11-28-14-7-5-4-6-13(14)21(23)24/h4-10H,11H2,1-3H3,(H,20,22)/b19-10-. The highest BCUT2D eigenvalue weighted by atomic mass is 16.6. The summed E-state index contributed by atoms with van der Waals surface area (Å²) in [4.78, 5) is 22.2. The van der Waals surface area contributed by atoms with Crippen LogP contribution in [0.2, 0.25) is 0 Å². The summed E-state index contributed by atoms with van der Waals surface area (Å²) in [6, 6.07) is 9.12. The Bertz CT molecular complexity index is 883. The lowest BCUT2D eigenvalue weighted by Gasteiger charge is -2.13. The van der Waals surface area contributed by atoms with Crippen molar-refractivity contribution in [2.24, 2.45) is 5.10 Å². The summed E-state index contributed by atoms with van der Waals surface area (Å²) in [6.07, 6.45) is 1.36. The number of hydrogen-bond acceptors (Lipinski definition) is 8. The van der Waals surface area contributed by atoms with E-state index in [-0.39, 0.29) is 11.4 Å². The number of carbonyl (C=O) groups excluding carboxylic acids is 1. The molecule has 0 fully saturated rings. The van der Waals surface area contributed by atoms with Crippen LogP contribution < -0.4 is 24.4 Å². The average molecular weight is 389 g/mol. The lowest BCUT2D eigenvalue weighted by Crippen LogP contribution is -2.24. The quantitative estimate of drug-likeness (QED) is 0.396. The third-order valence-corrected chi connectivity index (χ3v) is 3.55. The van der Waals surface area contributed by atoms with Crippen LogP contribution in [0.5, 0.6) is 23.0 Å². The van der Waals surface area contributed by atoms with Crippen molar-refractivity contribution in [3.63, 3.8) is 0 Å². The number of hydrazone groups is 1. The zero-order chi connectivity index (χ0) is 20.5. The Morgan fingerprint density at radius 3 is 2.43 bits per heavy atom. The number of nitrogens with one attached hydrogen (secondary N) is 1. The van der Waals surface area contributed by atoms with Crippen molar-refractivity contribution in [2.45, 2.75) is 0 Å². The highest BCUT2D eigenvalue weighted by molar-refractivity contribution is 5.87. The van der Waals surface area contributed by atoms with Crippen LogP contribution in [0.15, 0.2) is 41.5 Å². The predicted molar refractivity (Wildman–Crippen MR) is 100 cm³/mol. The minimum atomic E-state index is -0.589. The smallest absolute Gasteiger partial charge is 0.310 e. The largest absolute Gasteiger partial charge is 0.493 e. The molecule has 0 spiro atoms. The fourth-order valence-corrected chi connectivity index (χ4v) is 2.31. The fourth-order valence-electron chi connectivity index (χ4n) is 2.31. The van der Waals surface area contributed by atoms with Gasteiger partial charge < -0.3 is 18.9 Å². The predicted octanol–water partition coefficient (Wildman–Crippen LogP) is 2.15. The molecule has 10 nitrogen and oxygen atoms in total. The second kappa shape index (κ2) is 9.76. The molecule has 148 valence electrons. The van der Waals surface area contributed by atoms with E-state index in [9.17, 15) is 14.9 Å². The summed E-state index contributed by atoms with van der Waals surface area (Å²) in [6.45, 7) is -0.439. The number of ether oxygens (including phenoxy) is 4. The molecular weight excluding hydrogens is 370 g/mol. The first kappa shape index (κ1) is 20.5. The summed E-state index contributed by atoms with van der Waals surface area (Å²) < 4.78 is 21.0. The number of rotatable bonds is 9. The second-order valence-electron chi connectivity index (χ2n) is 5.23. The van der Waals surface area contributed by atoms with Gasteiger partial charge in [0.2, 0.25) is 5.75 Å². The Balaban J connectivity index is 2.02. The van der Waals surface area contributed by atoms with E-state index in [1.807, 2.05) is 0 Å². The normalized spacial score (nSPS) is 10.4. The van der Waals surface area contributed by atoms with Crippen molar-refractivity contribution in [3.05, 3.63) is 52.1 Å². The number of para-hydroxylation sites is 2. The molecule has 2 aromatic carbocycles. The third kappa shape index (κ3) is 4.87. The van der Waals surface area contributed by atoms with Gasteiger partial charge in [-0.1, -0.05) is 12.1 Å². The van der Waals surface area contributed by atoms with Gasteiger partial charge in [0.1, 0.15) is 0 Å². The Morgan fingerprint density at radius 2 is 1.79 bits per heavy atom. The molecule has 2 aromatic rings. The number of benzene rings is 2. The SMILES string of the molecule is COc1ccc(/C=N\NC(=O)COc2ccccc2[N+](=O)[O-])c(OC)c1OC. The molecular formula is C18H19N3O7. The first-order valence-corrected chi connectivity index (χ1v) is 7.98. The van der Waals surface area contributed by atoms with E-state index in [4.69, 9.17) is 18.9 Å². The summed E-state index contributed by atoms with van der Waals surface area (Å²) in [7, 11) is 4.44. The molecule has 10 heteroatoms. The molecule has 1 N–H and O–H groups in total. The highest BCUT2D eigenvalue weighted by Crippen LogP contribution is 2.38. The van der Waals surface area contributed by atoms with E-state index in [1.165, 1.54) is 45.7 Å². The summed E-state index contributed by atoms with van der Waals surface area (Å²) >= 11 is 0. The van der Waals surface area contributed by atoms with Crippen molar-refractivity contribution < 1.29 is 28.7 Å². The van der Waals surface area contributed by atoms with Gasteiger partial charge in [0.15, 0.2) is 23.9 Å². The maximum Gasteiger partial charge on any atom is 0.310 e. The molecule has 0 unspecified atom stereocenters. The Labute approximate surface area is 160 Å². The van der Waals surface area contributed by atoms with E-state index < -0.39 is 17.4 Å². The topological polar surface area (TPSA) is 122 Å². The zero-order valence-electron chi connectivity index (χ0n) is 15.5. The number of nitro groups is 1. The zero-order valence-corrected chi connectivity index (χ0v) is 15.5.